The van der Waals surface area contributed by atoms with E-state index in [-0.39, 0.29) is 17.9 Å². The summed E-state index contributed by atoms with van der Waals surface area (Å²) in [5, 5.41) is 3.23. The Morgan fingerprint density at radius 3 is 2.84 bits per heavy atom. The molecule has 0 spiro atoms. The van der Waals surface area contributed by atoms with Gasteiger partial charge in [-0.1, -0.05) is 54.1 Å². The van der Waals surface area contributed by atoms with Gasteiger partial charge in [0.15, 0.2) is 0 Å². The summed E-state index contributed by atoms with van der Waals surface area (Å²) >= 11 is 1.54. The number of amides is 2. The fraction of sp³-hybridized carbons (Fsp3) is 0.259. The number of rotatable bonds is 4. The Hall–Kier alpha value is -3.05. The molecule has 1 N–H and O–H groups in total. The molecule has 162 valence electrons. The topological polar surface area (TPSA) is 49.4 Å². The Morgan fingerprint density at radius 2 is 1.97 bits per heavy atom. The molecule has 0 radical (unpaired) electrons. The maximum atomic E-state index is 13.2. The van der Waals surface area contributed by atoms with Crippen molar-refractivity contribution in [2.24, 2.45) is 0 Å². The average Bonchev–Trinajstić information content (AvgIpc) is 2.81. The Balaban J connectivity index is 1.40. The number of benzene rings is 3. The van der Waals surface area contributed by atoms with Gasteiger partial charge >= 0.3 is 0 Å². The van der Waals surface area contributed by atoms with Crippen LogP contribution in [0.3, 0.4) is 0 Å². The number of aryl methyl sites for hydroxylation is 2. The number of nitrogens with zero attached hydrogens (tertiary/aromatic N) is 1. The molecule has 0 aromatic heterocycles. The molecule has 1 heterocycles. The quantitative estimate of drug-likeness (QED) is 0.585. The van der Waals surface area contributed by atoms with Crippen LogP contribution in [0.1, 0.15) is 51.5 Å². The van der Waals surface area contributed by atoms with E-state index in [4.69, 9.17) is 0 Å². The maximum Gasteiger partial charge on any atom is 0.251 e. The third-order valence-corrected chi connectivity index (χ3v) is 7.31. The standard InChI is InChI=1S/C27H26N2O2S/c1-18-6-4-7-19(14-18)16-29-24-15-21(12-13-25(24)32-17-26(29)30)27(31)28-23-11-5-9-20-8-2-3-10-22(20)23/h2-4,6-8,10,12-15,23H,5,9,11,16-17H2,1H3,(H,28,31)/t23-/m0/s1. The first-order valence-electron chi connectivity index (χ1n) is 11.1. The first-order valence-corrected chi connectivity index (χ1v) is 12.1. The summed E-state index contributed by atoms with van der Waals surface area (Å²) in [6.07, 6.45) is 3.08. The van der Waals surface area contributed by atoms with Crippen LogP contribution in [0.15, 0.2) is 71.6 Å². The van der Waals surface area contributed by atoms with Gasteiger partial charge in [-0.05, 0) is 61.1 Å². The lowest BCUT2D eigenvalue weighted by Gasteiger charge is -2.30. The van der Waals surface area contributed by atoms with Crippen molar-refractivity contribution < 1.29 is 9.59 Å². The second-order valence-electron chi connectivity index (χ2n) is 8.56. The van der Waals surface area contributed by atoms with Crippen LogP contribution in [0, 0.1) is 6.92 Å². The van der Waals surface area contributed by atoms with Crippen molar-refractivity contribution in [2.75, 3.05) is 10.7 Å². The molecule has 3 aromatic carbocycles. The molecule has 1 aliphatic heterocycles. The van der Waals surface area contributed by atoms with Crippen molar-refractivity contribution in [1.29, 1.82) is 0 Å². The van der Waals surface area contributed by atoms with Crippen LogP contribution in [-0.2, 0) is 17.8 Å². The Morgan fingerprint density at radius 1 is 1.09 bits per heavy atom. The molecule has 2 aliphatic rings. The number of hydrogen-bond acceptors (Lipinski definition) is 3. The van der Waals surface area contributed by atoms with Gasteiger partial charge in [0.1, 0.15) is 0 Å². The number of fused-ring (bicyclic) bond motifs is 2. The zero-order chi connectivity index (χ0) is 22.1. The molecule has 5 heteroatoms. The third-order valence-electron chi connectivity index (χ3n) is 6.26. The first-order chi connectivity index (χ1) is 15.6. The van der Waals surface area contributed by atoms with E-state index in [0.29, 0.717) is 17.9 Å². The second-order valence-corrected chi connectivity index (χ2v) is 9.57. The van der Waals surface area contributed by atoms with Crippen LogP contribution in [0.4, 0.5) is 5.69 Å². The van der Waals surface area contributed by atoms with E-state index in [2.05, 4.69) is 42.6 Å². The molecule has 1 aliphatic carbocycles. The largest absolute Gasteiger partial charge is 0.345 e. The molecular weight excluding hydrogens is 416 g/mol. The summed E-state index contributed by atoms with van der Waals surface area (Å²) in [6, 6.07) is 22.3. The molecule has 5 rings (SSSR count). The predicted octanol–water partition coefficient (Wildman–Crippen LogP) is 5.44. The molecule has 3 aromatic rings. The van der Waals surface area contributed by atoms with Crippen molar-refractivity contribution in [3.63, 3.8) is 0 Å². The molecule has 2 amide bonds. The fourth-order valence-corrected chi connectivity index (χ4v) is 5.57. The van der Waals surface area contributed by atoms with Crippen LogP contribution in [0.2, 0.25) is 0 Å². The molecule has 4 nitrogen and oxygen atoms in total. The van der Waals surface area contributed by atoms with Crippen LogP contribution in [0.25, 0.3) is 0 Å². The lowest BCUT2D eigenvalue weighted by atomic mass is 9.87. The van der Waals surface area contributed by atoms with Gasteiger partial charge in [-0.2, -0.15) is 0 Å². The minimum Gasteiger partial charge on any atom is -0.345 e. The minimum atomic E-state index is -0.0898. The number of thioether (sulfide) groups is 1. The fourth-order valence-electron chi connectivity index (χ4n) is 4.66. The zero-order valence-corrected chi connectivity index (χ0v) is 19.0. The molecule has 1 atom stereocenters. The Kier molecular flexibility index (Phi) is 5.75. The lowest BCUT2D eigenvalue weighted by molar-refractivity contribution is -0.116. The highest BCUT2D eigenvalue weighted by Crippen LogP contribution is 2.37. The summed E-state index contributed by atoms with van der Waals surface area (Å²) in [7, 11) is 0. The van der Waals surface area contributed by atoms with Crippen molar-refractivity contribution in [3.8, 4) is 0 Å². The Bertz CT molecular complexity index is 1190. The van der Waals surface area contributed by atoms with E-state index in [1.807, 2.05) is 41.3 Å². The lowest BCUT2D eigenvalue weighted by Crippen LogP contribution is -2.35. The van der Waals surface area contributed by atoms with Crippen LogP contribution in [0.5, 0.6) is 0 Å². The van der Waals surface area contributed by atoms with E-state index in [1.54, 1.807) is 0 Å². The van der Waals surface area contributed by atoms with Gasteiger partial charge in [0.25, 0.3) is 5.91 Å². The number of carbonyl (C=O) groups excluding carboxylic acids is 2. The van der Waals surface area contributed by atoms with Gasteiger partial charge in [0, 0.05) is 10.5 Å². The van der Waals surface area contributed by atoms with Gasteiger partial charge in [0.05, 0.1) is 24.0 Å². The number of hydrogen-bond donors (Lipinski definition) is 1. The monoisotopic (exact) mass is 442 g/mol. The highest BCUT2D eigenvalue weighted by atomic mass is 32.2. The minimum absolute atomic E-state index is 0.0305. The SMILES string of the molecule is Cc1cccc(CN2C(=O)CSc3ccc(C(=O)N[C@H]4CCCc5ccccc54)cc32)c1. The number of carbonyl (C=O) groups is 2. The first kappa shape index (κ1) is 20.8. The van der Waals surface area contributed by atoms with Gasteiger partial charge in [-0.3, -0.25) is 9.59 Å². The van der Waals surface area contributed by atoms with E-state index in [9.17, 15) is 9.59 Å². The summed E-state index contributed by atoms with van der Waals surface area (Å²) in [6.45, 7) is 2.56. The number of nitrogens with one attached hydrogen (secondary N) is 1. The third kappa shape index (κ3) is 4.17. The smallest absolute Gasteiger partial charge is 0.251 e. The average molecular weight is 443 g/mol. The number of anilines is 1. The van der Waals surface area contributed by atoms with Gasteiger partial charge in [-0.15, -0.1) is 11.8 Å². The highest BCUT2D eigenvalue weighted by molar-refractivity contribution is 8.00. The summed E-state index contributed by atoms with van der Waals surface area (Å²) in [4.78, 5) is 28.8. The summed E-state index contributed by atoms with van der Waals surface area (Å²) in [5.74, 6) is 0.402. The highest BCUT2D eigenvalue weighted by Gasteiger charge is 2.27. The van der Waals surface area contributed by atoms with E-state index in [0.717, 1.165) is 35.4 Å². The van der Waals surface area contributed by atoms with Crippen molar-refractivity contribution in [3.05, 3.63) is 94.5 Å². The van der Waals surface area contributed by atoms with Crippen molar-refractivity contribution in [2.45, 2.75) is 43.7 Å². The van der Waals surface area contributed by atoms with Crippen LogP contribution in [-0.4, -0.2) is 17.6 Å². The summed E-state index contributed by atoms with van der Waals surface area (Å²) in [5.41, 5.74) is 6.21. The predicted molar refractivity (Wildman–Crippen MR) is 129 cm³/mol. The maximum absolute atomic E-state index is 13.2. The van der Waals surface area contributed by atoms with E-state index < -0.39 is 0 Å². The Labute approximate surface area is 193 Å². The molecule has 0 unspecified atom stereocenters. The normalized spacial score (nSPS) is 17.5. The second kappa shape index (κ2) is 8.83. The van der Waals surface area contributed by atoms with Crippen molar-refractivity contribution >= 4 is 29.3 Å². The summed E-state index contributed by atoms with van der Waals surface area (Å²) < 4.78 is 0. The van der Waals surface area contributed by atoms with E-state index >= 15 is 0 Å². The molecule has 0 bridgehead atoms. The van der Waals surface area contributed by atoms with Gasteiger partial charge in [0.2, 0.25) is 5.91 Å². The molecule has 0 saturated heterocycles. The molecule has 0 saturated carbocycles. The van der Waals surface area contributed by atoms with E-state index in [1.165, 1.54) is 28.5 Å². The van der Waals surface area contributed by atoms with Gasteiger partial charge < -0.3 is 10.2 Å². The van der Waals surface area contributed by atoms with Crippen LogP contribution >= 0.6 is 11.8 Å². The van der Waals surface area contributed by atoms with Crippen molar-refractivity contribution in [1.82, 2.24) is 5.32 Å². The molecular formula is C27H26N2O2S. The van der Waals surface area contributed by atoms with Crippen LogP contribution < -0.4 is 10.2 Å². The molecule has 0 fully saturated rings. The van der Waals surface area contributed by atoms with Gasteiger partial charge in [-0.25, -0.2) is 0 Å². The zero-order valence-electron chi connectivity index (χ0n) is 18.1. The molecule has 32 heavy (non-hydrogen) atoms.